The van der Waals surface area contributed by atoms with Gasteiger partial charge in [0.05, 0.1) is 40.8 Å². The van der Waals surface area contributed by atoms with Crippen LogP contribution in [0.3, 0.4) is 0 Å². The van der Waals surface area contributed by atoms with Crippen molar-refractivity contribution in [2.24, 2.45) is 7.05 Å². The molecule has 0 N–H and O–H groups in total. The first-order chi connectivity index (χ1) is 19.1. The number of rotatable bonds is 9. The molecule has 1 aromatic carbocycles. The van der Waals surface area contributed by atoms with Crippen molar-refractivity contribution in [2.45, 2.75) is 19.1 Å². The van der Waals surface area contributed by atoms with Crippen LogP contribution in [-0.2, 0) is 11.8 Å². The van der Waals surface area contributed by atoms with Gasteiger partial charge in [0.25, 0.3) is 5.95 Å². The van der Waals surface area contributed by atoms with Crippen LogP contribution in [0.2, 0.25) is 10.2 Å². The fourth-order valence-corrected chi connectivity index (χ4v) is 4.50. The molecule has 40 heavy (non-hydrogen) atoms. The van der Waals surface area contributed by atoms with E-state index in [0.29, 0.717) is 4.73 Å². The van der Waals surface area contributed by atoms with Crippen LogP contribution >= 0.6 is 23.2 Å². The van der Waals surface area contributed by atoms with Crippen LogP contribution in [0.1, 0.15) is 18.2 Å². The molecule has 0 aliphatic rings. The normalized spacial score (nSPS) is 12.4. The summed E-state index contributed by atoms with van der Waals surface area (Å²) in [5.41, 5.74) is 0.676. The van der Waals surface area contributed by atoms with Crippen molar-refractivity contribution in [3.05, 3.63) is 81.9 Å². The van der Waals surface area contributed by atoms with Gasteiger partial charge in [-0.1, -0.05) is 38.7 Å². The Kier molecular flexibility index (Phi) is 7.69. The Morgan fingerprint density at radius 1 is 1.05 bits per heavy atom. The molecule has 0 aliphatic carbocycles. The van der Waals surface area contributed by atoms with Gasteiger partial charge >= 0.3 is 6.61 Å². The minimum atomic E-state index is -3.03. The van der Waals surface area contributed by atoms with Gasteiger partial charge in [-0.2, -0.15) is 23.0 Å². The summed E-state index contributed by atoms with van der Waals surface area (Å²) >= 11 is 11.9. The van der Waals surface area contributed by atoms with Crippen LogP contribution in [0.5, 0.6) is 0 Å². The fourth-order valence-electron chi connectivity index (χ4n) is 4.22. The highest BCUT2D eigenvalue weighted by atomic mass is 35.5. The Morgan fingerprint density at radius 3 is 2.50 bits per heavy atom. The maximum Gasteiger partial charge on any atom is 0.345 e. The number of alkyl halides is 2. The van der Waals surface area contributed by atoms with Gasteiger partial charge in [-0.15, -0.1) is 5.10 Å². The molecule has 0 saturated carbocycles. The maximum absolute atomic E-state index is 15.3. The lowest BCUT2D eigenvalue weighted by atomic mass is 10.0. The van der Waals surface area contributed by atoms with E-state index >= 15 is 4.39 Å². The summed E-state index contributed by atoms with van der Waals surface area (Å²) in [6, 6.07) is 4.72. The van der Waals surface area contributed by atoms with Crippen LogP contribution in [0.25, 0.3) is 28.1 Å². The van der Waals surface area contributed by atoms with Gasteiger partial charge in [0, 0.05) is 31.3 Å². The molecule has 0 amide bonds. The van der Waals surface area contributed by atoms with Gasteiger partial charge in [0.15, 0.2) is 17.2 Å². The van der Waals surface area contributed by atoms with Crippen LogP contribution in [-0.4, -0.2) is 53.0 Å². The molecule has 0 radical (unpaired) electrons. The molecular weight excluding hydrogens is 581 g/mol. The number of hydrogen-bond acceptors (Lipinski definition) is 7. The van der Waals surface area contributed by atoms with Gasteiger partial charge < -0.3 is 9.94 Å². The highest BCUT2D eigenvalue weighted by Crippen LogP contribution is 2.34. The molecule has 11 nitrogen and oxygen atoms in total. The van der Waals surface area contributed by atoms with Crippen molar-refractivity contribution in [2.75, 3.05) is 6.61 Å². The smallest absolute Gasteiger partial charge is 0.345 e. The predicted octanol–water partition coefficient (Wildman–Crippen LogP) is 4.36. The van der Waals surface area contributed by atoms with Crippen molar-refractivity contribution in [3.8, 4) is 28.1 Å². The summed E-state index contributed by atoms with van der Waals surface area (Å²) in [6.45, 7) is -3.46. The van der Waals surface area contributed by atoms with E-state index in [1.54, 1.807) is 0 Å². The Hall–Kier alpha value is -4.08. The Labute approximate surface area is 232 Å². The topological polar surface area (TPSA) is 115 Å². The van der Waals surface area contributed by atoms with E-state index in [0.717, 1.165) is 6.20 Å². The quantitative estimate of drug-likeness (QED) is 0.141. The lowest BCUT2D eigenvalue weighted by Crippen LogP contribution is -2.36. The molecule has 208 valence electrons. The number of ether oxygens (including phenoxy) is 1. The van der Waals surface area contributed by atoms with Crippen LogP contribution in [0.15, 0.2) is 49.1 Å². The van der Waals surface area contributed by atoms with Crippen molar-refractivity contribution in [1.82, 2.24) is 39.8 Å². The van der Waals surface area contributed by atoms with Gasteiger partial charge in [-0.3, -0.25) is 4.68 Å². The Morgan fingerprint density at radius 2 is 1.85 bits per heavy atom. The summed E-state index contributed by atoms with van der Waals surface area (Å²) < 4.78 is 63.4. The zero-order valence-electron chi connectivity index (χ0n) is 20.3. The number of hydrogen-bond donors (Lipinski definition) is 0. The molecule has 0 unspecified atom stereocenters. The third-order valence-corrected chi connectivity index (χ3v) is 6.44. The van der Waals surface area contributed by atoms with E-state index < -0.39 is 31.0 Å². The highest BCUT2D eigenvalue weighted by Gasteiger charge is 2.27. The van der Waals surface area contributed by atoms with Gasteiger partial charge in [0.1, 0.15) is 11.7 Å². The lowest BCUT2D eigenvalue weighted by molar-refractivity contribution is -0.615. The second-order valence-electron chi connectivity index (χ2n) is 8.41. The standard InChI is InChI=1S/C23H17Cl2F4N9O2/c1-35-21(22(27)32-33-35)13-8-30-36(9-13)15(6-7-40-23(28)29)16-4-2-12(10-38(16)39)19-17(5-3-14(24)20(19)26)37-11-18(25)31-34-37/h2-5,8-11,15,23H,6-7H2,1H3/t15-/m1/s1. The molecular formula is C23H17Cl2F4N9O2. The summed E-state index contributed by atoms with van der Waals surface area (Å²) in [6.07, 6.45) is 5.09. The Balaban J connectivity index is 1.56. The number of halogens is 6. The monoisotopic (exact) mass is 597 g/mol. The number of benzene rings is 1. The summed E-state index contributed by atoms with van der Waals surface area (Å²) in [5.74, 6) is -1.65. The van der Waals surface area contributed by atoms with E-state index in [-0.39, 0.29) is 50.4 Å². The SMILES string of the molecule is Cn1nnc(F)c1-c1cnn([C@H](CCOC(F)F)c2ccc(-c3c(-n4cc(Cl)nn4)ccc(Cl)c3F)c[n+]2[O-])c1. The van der Waals surface area contributed by atoms with Crippen molar-refractivity contribution >= 4 is 23.2 Å². The average molecular weight is 598 g/mol. The second kappa shape index (κ2) is 11.2. The zero-order valence-corrected chi connectivity index (χ0v) is 21.8. The van der Waals surface area contributed by atoms with E-state index in [9.17, 15) is 18.4 Å². The minimum absolute atomic E-state index is 0.0383. The molecule has 0 aliphatic heterocycles. The van der Waals surface area contributed by atoms with Crippen molar-refractivity contribution < 1.29 is 27.0 Å². The molecule has 1 atom stereocenters. The van der Waals surface area contributed by atoms with E-state index in [2.05, 4.69) is 30.5 Å². The second-order valence-corrected chi connectivity index (χ2v) is 9.20. The average Bonchev–Trinajstić information content (AvgIpc) is 3.64. The van der Waals surface area contributed by atoms with Crippen LogP contribution in [0.4, 0.5) is 17.6 Å². The Bertz CT molecular complexity index is 1650. The molecule has 0 spiro atoms. The van der Waals surface area contributed by atoms with E-state index in [1.807, 2.05) is 0 Å². The molecule has 5 rings (SSSR count). The highest BCUT2D eigenvalue weighted by molar-refractivity contribution is 6.31. The minimum Gasteiger partial charge on any atom is -0.618 e. The van der Waals surface area contributed by atoms with Gasteiger partial charge in [-0.05, 0) is 18.2 Å². The summed E-state index contributed by atoms with van der Waals surface area (Å²) in [4.78, 5) is 0. The third kappa shape index (κ3) is 5.35. The lowest BCUT2D eigenvalue weighted by Gasteiger charge is -2.18. The first-order valence-corrected chi connectivity index (χ1v) is 12.2. The summed E-state index contributed by atoms with van der Waals surface area (Å²) in [5, 5.41) is 31.9. The molecule has 0 fully saturated rings. The predicted molar refractivity (Wildman–Crippen MR) is 133 cm³/mol. The fraction of sp³-hybridized carbons (Fsp3) is 0.217. The van der Waals surface area contributed by atoms with Crippen LogP contribution in [0, 0.1) is 17.0 Å². The van der Waals surface area contributed by atoms with E-state index in [4.69, 9.17) is 23.2 Å². The van der Waals surface area contributed by atoms with Crippen molar-refractivity contribution in [1.29, 1.82) is 0 Å². The van der Waals surface area contributed by atoms with E-state index in [1.165, 1.54) is 63.9 Å². The zero-order chi connectivity index (χ0) is 28.6. The third-order valence-electron chi connectivity index (χ3n) is 5.97. The van der Waals surface area contributed by atoms with Gasteiger partial charge in [0.2, 0.25) is 5.69 Å². The molecule has 17 heteroatoms. The number of aryl methyl sites for hydroxylation is 1. The molecule has 5 aromatic rings. The number of pyridine rings is 1. The maximum atomic E-state index is 15.3. The number of aromatic nitrogens is 9. The van der Waals surface area contributed by atoms with Gasteiger partial charge in [-0.25, -0.2) is 13.8 Å². The summed E-state index contributed by atoms with van der Waals surface area (Å²) in [7, 11) is 1.48. The largest absolute Gasteiger partial charge is 0.618 e. The molecule has 4 aromatic heterocycles. The first kappa shape index (κ1) is 27.5. The molecule has 4 heterocycles. The molecule has 0 bridgehead atoms. The van der Waals surface area contributed by atoms with Crippen molar-refractivity contribution in [3.63, 3.8) is 0 Å². The van der Waals surface area contributed by atoms with Crippen LogP contribution < -0.4 is 4.73 Å². The molecule has 0 saturated heterocycles. The first-order valence-electron chi connectivity index (χ1n) is 11.4. The number of nitrogens with zero attached hydrogens (tertiary/aromatic N) is 9.